The molecule has 1 saturated carbocycles. The largest absolute Gasteiger partial charge is 0.507 e. The third-order valence-corrected chi connectivity index (χ3v) is 10.1. The second kappa shape index (κ2) is 12.2. The minimum absolute atomic E-state index is 0.0584. The molecule has 5 rings (SSSR count). The highest BCUT2D eigenvalue weighted by molar-refractivity contribution is 7.89. The van der Waals surface area contributed by atoms with Gasteiger partial charge < -0.3 is 20.2 Å². The van der Waals surface area contributed by atoms with E-state index in [9.17, 15) is 32.9 Å². The molecule has 0 aromatic heterocycles. The molecule has 220 valence electrons. The molecule has 2 aliphatic rings. The zero-order valence-electron chi connectivity index (χ0n) is 22.9. The number of hydrogen-bond acceptors (Lipinski definition) is 7. The third kappa shape index (κ3) is 5.89. The van der Waals surface area contributed by atoms with Crippen molar-refractivity contribution in [1.82, 2.24) is 4.31 Å². The molecule has 11 heteroatoms. The molecule has 0 radical (unpaired) electrons. The molecule has 3 aromatic rings. The summed E-state index contributed by atoms with van der Waals surface area (Å²) in [6.45, 7) is 0.132. The van der Waals surface area contributed by atoms with Gasteiger partial charge in [0, 0.05) is 23.9 Å². The summed E-state index contributed by atoms with van der Waals surface area (Å²) in [6, 6.07) is 15.5. The van der Waals surface area contributed by atoms with E-state index in [4.69, 9.17) is 5.26 Å². The van der Waals surface area contributed by atoms with Crippen LogP contribution < -0.4 is 4.90 Å². The van der Waals surface area contributed by atoms with Crippen LogP contribution in [0.3, 0.4) is 0 Å². The van der Waals surface area contributed by atoms with E-state index in [1.54, 1.807) is 6.07 Å². The van der Waals surface area contributed by atoms with E-state index in [-0.39, 0.29) is 35.7 Å². The van der Waals surface area contributed by atoms with E-state index >= 15 is 0 Å². The van der Waals surface area contributed by atoms with Crippen molar-refractivity contribution < 1.29 is 32.9 Å². The van der Waals surface area contributed by atoms with Crippen molar-refractivity contribution in [3.63, 3.8) is 0 Å². The summed E-state index contributed by atoms with van der Waals surface area (Å²) in [5, 5.41) is 38.6. The molecule has 1 aliphatic heterocycles. The number of anilines is 1. The maximum absolute atomic E-state index is 14.0. The van der Waals surface area contributed by atoms with Crippen molar-refractivity contribution in [3.8, 4) is 11.8 Å². The standard InChI is InChI=1S/C31H32FN3O6S/c32-27-13-11-25(16-23(27)18-33)42(40,41)35-15-14-28(35)30(37)34(24-10-12-26(31(38)39)29(36)17-24)19-20-6-8-22(9-7-20)21-4-2-1-3-5-21/h6-13,16-17,21,28,31,36,38-39H,1-5,14-15,19H2/t28-/m1/s1. The van der Waals surface area contributed by atoms with Crippen LogP contribution in [0.25, 0.3) is 0 Å². The molecular weight excluding hydrogens is 561 g/mol. The van der Waals surface area contributed by atoms with Gasteiger partial charge in [0.25, 0.3) is 0 Å². The van der Waals surface area contributed by atoms with Gasteiger partial charge in [-0.05, 0) is 66.6 Å². The molecule has 42 heavy (non-hydrogen) atoms. The summed E-state index contributed by atoms with van der Waals surface area (Å²) in [5.41, 5.74) is 1.72. The number of amides is 1. The number of nitrogens with zero attached hydrogens (tertiary/aromatic N) is 3. The number of rotatable bonds is 8. The molecule has 3 N–H and O–H groups in total. The summed E-state index contributed by atoms with van der Waals surface area (Å²) in [4.78, 5) is 15.0. The topological polar surface area (TPSA) is 142 Å². The van der Waals surface area contributed by atoms with E-state index in [1.807, 2.05) is 12.1 Å². The fourth-order valence-electron chi connectivity index (χ4n) is 5.69. The first-order chi connectivity index (χ1) is 20.1. The van der Waals surface area contributed by atoms with Gasteiger partial charge in [-0.1, -0.05) is 43.5 Å². The van der Waals surface area contributed by atoms with Gasteiger partial charge in [-0.15, -0.1) is 0 Å². The summed E-state index contributed by atoms with van der Waals surface area (Å²) in [5.74, 6) is -1.31. The van der Waals surface area contributed by atoms with Gasteiger partial charge in [0.15, 0.2) is 6.29 Å². The fourth-order valence-corrected chi connectivity index (χ4v) is 7.35. The van der Waals surface area contributed by atoms with Gasteiger partial charge >= 0.3 is 0 Å². The Labute approximate surface area is 244 Å². The van der Waals surface area contributed by atoms with Gasteiger partial charge in [-0.2, -0.15) is 9.57 Å². The van der Waals surface area contributed by atoms with Gasteiger partial charge in [-0.25, -0.2) is 12.8 Å². The lowest BCUT2D eigenvalue weighted by atomic mass is 9.84. The summed E-state index contributed by atoms with van der Waals surface area (Å²) in [7, 11) is -4.23. The minimum atomic E-state index is -4.23. The van der Waals surface area contributed by atoms with Crippen molar-refractivity contribution >= 4 is 21.6 Å². The first-order valence-electron chi connectivity index (χ1n) is 13.9. The van der Waals surface area contributed by atoms with Crippen molar-refractivity contribution in [3.05, 3.63) is 88.7 Å². The molecule has 0 bridgehead atoms. The summed E-state index contributed by atoms with van der Waals surface area (Å²) in [6.07, 6.45) is 4.25. The van der Waals surface area contributed by atoms with Gasteiger partial charge in [0.1, 0.15) is 23.7 Å². The van der Waals surface area contributed by atoms with E-state index in [0.29, 0.717) is 5.92 Å². The molecule has 9 nitrogen and oxygen atoms in total. The molecule has 0 unspecified atom stereocenters. The third-order valence-electron chi connectivity index (χ3n) is 8.19. The second-order valence-corrected chi connectivity index (χ2v) is 12.7. The highest BCUT2D eigenvalue weighted by Crippen LogP contribution is 2.35. The quantitative estimate of drug-likeness (QED) is 0.328. The number of benzene rings is 3. The predicted octanol–water partition coefficient (Wildman–Crippen LogP) is 4.43. The molecular formula is C31H32FN3O6S. The number of hydrogen-bond donors (Lipinski definition) is 3. The summed E-state index contributed by atoms with van der Waals surface area (Å²) >= 11 is 0. The Morgan fingerprint density at radius 2 is 1.74 bits per heavy atom. The highest BCUT2D eigenvalue weighted by Gasteiger charge is 2.45. The second-order valence-electron chi connectivity index (χ2n) is 10.8. The van der Waals surface area contributed by atoms with Crippen LogP contribution in [0.2, 0.25) is 0 Å². The predicted molar refractivity (Wildman–Crippen MR) is 152 cm³/mol. The maximum atomic E-state index is 14.0. The van der Waals surface area contributed by atoms with Crippen LogP contribution in [0.5, 0.6) is 5.75 Å². The first kappa shape index (κ1) is 29.7. The molecule has 0 spiro atoms. The van der Waals surface area contributed by atoms with Gasteiger partial charge in [-0.3, -0.25) is 4.79 Å². The Kier molecular flexibility index (Phi) is 8.61. The lowest BCUT2D eigenvalue weighted by Crippen LogP contribution is -2.58. The van der Waals surface area contributed by atoms with Crippen molar-refractivity contribution in [1.29, 1.82) is 5.26 Å². The maximum Gasteiger partial charge on any atom is 0.245 e. The van der Waals surface area contributed by atoms with Crippen molar-refractivity contribution in [2.45, 2.75) is 68.2 Å². The smallest absolute Gasteiger partial charge is 0.245 e. The average molecular weight is 594 g/mol. The van der Waals surface area contributed by atoms with Crippen LogP contribution >= 0.6 is 0 Å². The zero-order chi connectivity index (χ0) is 30.0. The number of phenols is 1. The molecule has 1 saturated heterocycles. The number of halogens is 1. The van der Waals surface area contributed by atoms with Crippen LogP contribution in [0.4, 0.5) is 10.1 Å². The molecule has 1 aliphatic carbocycles. The van der Waals surface area contributed by atoms with Crippen LogP contribution in [0.1, 0.15) is 73.0 Å². The number of carbonyl (C=O) groups excluding carboxylic acids is 1. The van der Waals surface area contributed by atoms with E-state index in [1.165, 1.54) is 47.9 Å². The Morgan fingerprint density at radius 1 is 1.02 bits per heavy atom. The molecule has 1 amide bonds. The number of aliphatic hydroxyl groups excluding tert-OH is 1. The van der Waals surface area contributed by atoms with Crippen LogP contribution in [0, 0.1) is 17.1 Å². The zero-order valence-corrected chi connectivity index (χ0v) is 23.7. The number of phenolic OH excluding ortho intramolecular Hbond substituents is 1. The minimum Gasteiger partial charge on any atom is -0.507 e. The number of aliphatic hydroxyl groups is 2. The Morgan fingerprint density at radius 3 is 2.33 bits per heavy atom. The lowest BCUT2D eigenvalue weighted by molar-refractivity contribution is -0.125. The van der Waals surface area contributed by atoms with Crippen LogP contribution in [0.15, 0.2) is 65.6 Å². The fraction of sp³-hybridized carbons (Fsp3) is 0.355. The van der Waals surface area contributed by atoms with Gasteiger partial charge in [0.05, 0.1) is 17.0 Å². The first-order valence-corrected chi connectivity index (χ1v) is 15.3. The van der Waals surface area contributed by atoms with Crippen LogP contribution in [-0.4, -0.2) is 46.5 Å². The van der Waals surface area contributed by atoms with E-state index in [2.05, 4.69) is 12.1 Å². The Bertz CT molecular complexity index is 1610. The monoisotopic (exact) mass is 593 g/mol. The Hall–Kier alpha value is -3.82. The van der Waals surface area contributed by atoms with Gasteiger partial charge in [0.2, 0.25) is 15.9 Å². The highest BCUT2D eigenvalue weighted by atomic mass is 32.2. The molecule has 3 aromatic carbocycles. The lowest BCUT2D eigenvalue weighted by Gasteiger charge is -2.41. The summed E-state index contributed by atoms with van der Waals surface area (Å²) < 4.78 is 41.7. The number of sulfonamides is 1. The number of carbonyl (C=O) groups is 1. The Balaban J connectivity index is 1.44. The van der Waals surface area contributed by atoms with Crippen LogP contribution in [-0.2, 0) is 21.4 Å². The normalized spacial score (nSPS) is 17.9. The van der Waals surface area contributed by atoms with E-state index < -0.39 is 45.4 Å². The molecule has 2 fully saturated rings. The van der Waals surface area contributed by atoms with Crippen molar-refractivity contribution in [2.24, 2.45) is 0 Å². The molecule has 1 atom stereocenters. The molecule has 1 heterocycles. The van der Waals surface area contributed by atoms with Crippen molar-refractivity contribution in [2.75, 3.05) is 11.4 Å². The van der Waals surface area contributed by atoms with E-state index in [0.717, 1.165) is 40.9 Å². The number of nitriles is 1. The number of aromatic hydroxyl groups is 1. The SMILES string of the molecule is N#Cc1cc(S(=O)(=O)N2CC[C@@H]2C(=O)N(Cc2ccc(C3CCCCC3)cc2)c2ccc(C(O)O)c(O)c2)ccc1F. The average Bonchev–Trinajstić information content (AvgIpc) is 2.95.